The quantitative estimate of drug-likeness (QED) is 0.166. The van der Waals surface area contributed by atoms with Crippen molar-refractivity contribution in [2.75, 3.05) is 40.4 Å². The number of methoxy groups -OCH3 is 1. The lowest BCUT2D eigenvalue weighted by Gasteiger charge is -2.38. The minimum absolute atomic E-state index is 0.0797. The van der Waals surface area contributed by atoms with Crippen LogP contribution < -0.4 is 9.47 Å². The molecule has 44 heavy (non-hydrogen) atoms. The van der Waals surface area contributed by atoms with Crippen molar-refractivity contribution >= 4 is 29.1 Å². The number of fused-ring (bicyclic) bond motifs is 1. The average Bonchev–Trinajstić information content (AvgIpc) is 3.48. The van der Waals surface area contributed by atoms with Gasteiger partial charge in [0, 0.05) is 36.9 Å². The fourth-order valence-corrected chi connectivity index (χ4v) is 5.51. The van der Waals surface area contributed by atoms with E-state index in [1.54, 1.807) is 37.3 Å². The second-order valence-electron chi connectivity index (χ2n) is 11.4. The second kappa shape index (κ2) is 14.2. The predicted molar refractivity (Wildman–Crippen MR) is 168 cm³/mol. The number of amides is 1. The lowest BCUT2D eigenvalue weighted by molar-refractivity contribution is -0.137. The van der Waals surface area contributed by atoms with Crippen molar-refractivity contribution in [2.24, 2.45) is 5.41 Å². The number of aldehydes is 1. The summed E-state index contributed by atoms with van der Waals surface area (Å²) >= 11 is 0. The number of aromatic nitrogens is 1. The van der Waals surface area contributed by atoms with Gasteiger partial charge in [0.25, 0.3) is 0 Å². The number of benzene rings is 3. The van der Waals surface area contributed by atoms with Gasteiger partial charge >= 0.3 is 5.97 Å². The van der Waals surface area contributed by atoms with Gasteiger partial charge in [-0.1, -0.05) is 60.7 Å². The molecule has 2 heterocycles. The highest BCUT2D eigenvalue weighted by molar-refractivity contribution is 5.95. The Morgan fingerprint density at radius 3 is 2.30 bits per heavy atom. The van der Waals surface area contributed by atoms with Crippen LogP contribution in [0, 0.1) is 5.41 Å². The maximum absolute atomic E-state index is 13.1. The number of piperidine rings is 1. The highest BCUT2D eigenvalue weighted by atomic mass is 16.5. The van der Waals surface area contributed by atoms with Crippen molar-refractivity contribution in [1.82, 2.24) is 14.8 Å². The van der Waals surface area contributed by atoms with Crippen molar-refractivity contribution in [3.63, 3.8) is 0 Å². The zero-order valence-electron chi connectivity index (χ0n) is 25.3. The van der Waals surface area contributed by atoms with Crippen molar-refractivity contribution in [1.29, 1.82) is 0 Å². The Morgan fingerprint density at radius 2 is 1.64 bits per heavy atom. The molecule has 0 aliphatic carbocycles. The van der Waals surface area contributed by atoms with Crippen LogP contribution in [-0.4, -0.2) is 73.3 Å². The fraction of sp³-hybridized carbons (Fsp3) is 0.343. The number of H-pyrrole nitrogens is 1. The first-order valence-corrected chi connectivity index (χ1v) is 14.9. The number of carbonyl (C=O) groups excluding carboxylic acids is 3. The van der Waals surface area contributed by atoms with Crippen molar-refractivity contribution in [3.8, 4) is 11.5 Å². The molecule has 1 aromatic heterocycles. The van der Waals surface area contributed by atoms with Crippen LogP contribution in [0.4, 0.5) is 0 Å². The van der Waals surface area contributed by atoms with E-state index in [0.29, 0.717) is 42.1 Å². The summed E-state index contributed by atoms with van der Waals surface area (Å²) in [6.45, 7) is 3.17. The van der Waals surface area contributed by atoms with Gasteiger partial charge in [-0.25, -0.2) is 4.79 Å². The third-order valence-corrected chi connectivity index (χ3v) is 8.30. The first-order valence-electron chi connectivity index (χ1n) is 14.9. The molecule has 0 radical (unpaired) electrons. The highest BCUT2D eigenvalue weighted by Crippen LogP contribution is 2.35. The number of ether oxygens (including phenoxy) is 3. The van der Waals surface area contributed by atoms with Crippen LogP contribution >= 0.6 is 0 Å². The number of rotatable bonds is 13. The Balaban J connectivity index is 1.12. The second-order valence-corrected chi connectivity index (χ2v) is 11.4. The number of nitrogens with zero attached hydrogens (tertiary/aromatic N) is 2. The summed E-state index contributed by atoms with van der Waals surface area (Å²) in [5, 5.41) is 0.767. The van der Waals surface area contributed by atoms with Crippen LogP contribution in [-0.2, 0) is 27.5 Å². The van der Waals surface area contributed by atoms with E-state index < -0.39 is 11.4 Å². The molecule has 4 aromatic rings. The van der Waals surface area contributed by atoms with Gasteiger partial charge in [0.05, 0.1) is 19.2 Å². The van der Waals surface area contributed by atoms with E-state index in [-0.39, 0.29) is 25.5 Å². The van der Waals surface area contributed by atoms with Crippen LogP contribution in [0.3, 0.4) is 0 Å². The number of aromatic amines is 1. The number of hydrogen-bond donors (Lipinski definition) is 1. The van der Waals surface area contributed by atoms with E-state index in [0.717, 1.165) is 36.9 Å². The molecule has 0 atom stereocenters. The van der Waals surface area contributed by atoms with Crippen LogP contribution in [0.15, 0.2) is 78.9 Å². The van der Waals surface area contributed by atoms with Gasteiger partial charge < -0.3 is 28.9 Å². The Labute approximate surface area is 257 Å². The van der Waals surface area contributed by atoms with Crippen LogP contribution in [0.2, 0.25) is 0 Å². The summed E-state index contributed by atoms with van der Waals surface area (Å²) in [7, 11) is 3.28. The third kappa shape index (κ3) is 7.65. The lowest BCUT2D eigenvalue weighted by atomic mass is 9.76. The minimum atomic E-state index is -0.637. The monoisotopic (exact) mass is 597 g/mol. The maximum Gasteiger partial charge on any atom is 0.355 e. The van der Waals surface area contributed by atoms with Gasteiger partial charge in [-0.2, -0.15) is 0 Å². The fourth-order valence-electron chi connectivity index (χ4n) is 5.51. The minimum Gasteiger partial charge on any atom is -0.493 e. The largest absolute Gasteiger partial charge is 0.493 e. The molecule has 1 fully saturated rings. The SMILES string of the molecule is COc1cc2[nH]c(C(=O)OCc3ccccc3)cc2cc1OCCN(C)C(=O)CC1(C=O)CCN(Cc2ccccc2)CC1. The zero-order chi connectivity index (χ0) is 30.9. The molecule has 3 aromatic carbocycles. The topological polar surface area (TPSA) is 101 Å². The number of nitrogens with one attached hydrogen (secondary N) is 1. The molecule has 0 spiro atoms. The van der Waals surface area contributed by atoms with E-state index >= 15 is 0 Å². The van der Waals surface area contributed by atoms with E-state index in [1.165, 1.54) is 5.56 Å². The number of carbonyl (C=O) groups is 3. The molecule has 9 nitrogen and oxygen atoms in total. The molecule has 1 saturated heterocycles. The van der Waals surface area contributed by atoms with Crippen LogP contribution in [0.5, 0.6) is 11.5 Å². The number of likely N-dealkylation sites (N-methyl/N-ethyl adjacent to an activating group) is 1. The summed E-state index contributed by atoms with van der Waals surface area (Å²) in [5.74, 6) is 0.462. The molecular formula is C35H39N3O6. The standard InChI is InChI=1S/C35H39N3O6/c1-37(33(40)22-35(25-39)13-15-38(16-14-35)23-26-9-5-3-6-10-26)17-18-43-32-20-28-19-30(36-29(28)21-31(32)42-2)34(41)44-24-27-11-7-4-8-12-27/h3-12,19-21,25,36H,13-18,22-24H2,1-2H3. The van der Waals surface area contributed by atoms with Crippen LogP contribution in [0.25, 0.3) is 10.9 Å². The Morgan fingerprint density at radius 1 is 0.955 bits per heavy atom. The molecule has 0 saturated carbocycles. The molecular weight excluding hydrogens is 558 g/mol. The first kappa shape index (κ1) is 30.8. The summed E-state index contributed by atoms with van der Waals surface area (Å²) in [6.07, 6.45) is 2.50. The number of hydrogen-bond acceptors (Lipinski definition) is 7. The van der Waals surface area contributed by atoms with Gasteiger partial charge in [-0.05, 0) is 49.2 Å². The highest BCUT2D eigenvalue weighted by Gasteiger charge is 2.37. The summed E-state index contributed by atoms with van der Waals surface area (Å²) in [5.41, 5.74) is 2.55. The van der Waals surface area contributed by atoms with Crippen molar-refractivity contribution in [2.45, 2.75) is 32.4 Å². The van der Waals surface area contributed by atoms with Gasteiger partial charge in [0.1, 0.15) is 25.2 Å². The predicted octanol–water partition coefficient (Wildman–Crippen LogP) is 5.24. The molecule has 9 heteroatoms. The molecule has 0 bridgehead atoms. The van der Waals surface area contributed by atoms with Crippen LogP contribution in [0.1, 0.15) is 40.9 Å². The smallest absolute Gasteiger partial charge is 0.355 e. The summed E-state index contributed by atoms with van der Waals surface area (Å²) in [6, 6.07) is 25.1. The molecule has 1 aliphatic heterocycles. The van der Waals surface area contributed by atoms with Gasteiger partial charge in [-0.15, -0.1) is 0 Å². The van der Waals surface area contributed by atoms with Crippen molar-refractivity contribution < 1.29 is 28.6 Å². The third-order valence-electron chi connectivity index (χ3n) is 8.30. The molecule has 1 N–H and O–H groups in total. The summed E-state index contributed by atoms with van der Waals surface area (Å²) in [4.78, 5) is 45.0. The van der Waals surface area contributed by atoms with E-state index in [4.69, 9.17) is 14.2 Å². The van der Waals surface area contributed by atoms with Crippen molar-refractivity contribution in [3.05, 3.63) is 95.7 Å². The van der Waals surface area contributed by atoms with E-state index in [2.05, 4.69) is 22.0 Å². The van der Waals surface area contributed by atoms with E-state index in [9.17, 15) is 14.4 Å². The van der Waals surface area contributed by atoms with Gasteiger partial charge in [0.15, 0.2) is 11.5 Å². The molecule has 0 unspecified atom stereocenters. The average molecular weight is 598 g/mol. The van der Waals surface area contributed by atoms with E-state index in [1.807, 2.05) is 48.5 Å². The summed E-state index contributed by atoms with van der Waals surface area (Å²) < 4.78 is 17.0. The first-order chi connectivity index (χ1) is 21.4. The van der Waals surface area contributed by atoms with Gasteiger partial charge in [-0.3, -0.25) is 9.69 Å². The molecule has 1 aliphatic rings. The Hall–Kier alpha value is -4.63. The normalized spacial score (nSPS) is 14.6. The lowest BCUT2D eigenvalue weighted by Crippen LogP contribution is -2.44. The molecule has 230 valence electrons. The zero-order valence-corrected chi connectivity index (χ0v) is 25.3. The van der Waals surface area contributed by atoms with Gasteiger partial charge in [0.2, 0.25) is 5.91 Å². The number of esters is 1. The molecule has 1 amide bonds. The maximum atomic E-state index is 13.1. The Bertz CT molecular complexity index is 1560. The Kier molecular flexibility index (Phi) is 9.96. The molecule has 5 rings (SSSR count). The number of likely N-dealkylation sites (tertiary alicyclic amines) is 1.